The normalized spacial score (nSPS) is 11.6. The molecule has 1 atom stereocenters. The van der Waals surface area contributed by atoms with E-state index in [1.54, 1.807) is 25.3 Å². The first-order valence-corrected chi connectivity index (χ1v) is 8.25. The molecule has 1 N–H and O–H groups in total. The third kappa shape index (κ3) is 4.89. The molecule has 0 saturated heterocycles. The fraction of sp³-hybridized carbons (Fsp3) is 0.350. The molecule has 0 radical (unpaired) electrons. The van der Waals surface area contributed by atoms with Crippen LogP contribution in [0.4, 0.5) is 0 Å². The zero-order valence-electron chi connectivity index (χ0n) is 14.8. The number of methoxy groups -OCH3 is 2. The molecule has 0 aliphatic heterocycles. The predicted octanol–water partition coefficient (Wildman–Crippen LogP) is 3.90. The second kappa shape index (κ2) is 8.97. The van der Waals surface area contributed by atoms with E-state index in [2.05, 4.69) is 0 Å². The summed E-state index contributed by atoms with van der Waals surface area (Å²) >= 11 is 0. The molecule has 2 aromatic carbocycles. The topological polar surface area (TPSA) is 65.0 Å². The van der Waals surface area contributed by atoms with Crippen molar-refractivity contribution >= 4 is 5.97 Å². The first kappa shape index (κ1) is 18.6. The summed E-state index contributed by atoms with van der Waals surface area (Å²) in [5.74, 6) is 0.264. The Bertz CT molecular complexity index is 711. The predicted molar refractivity (Wildman–Crippen MR) is 95.9 cm³/mol. The molecule has 0 aliphatic carbocycles. The quantitative estimate of drug-likeness (QED) is 0.747. The van der Waals surface area contributed by atoms with E-state index in [4.69, 9.17) is 14.2 Å². The number of benzene rings is 2. The number of carbonyl (C=O) groups is 1. The van der Waals surface area contributed by atoms with E-state index in [0.29, 0.717) is 30.1 Å². The smallest absolute Gasteiger partial charge is 0.311 e. The van der Waals surface area contributed by atoms with Gasteiger partial charge in [-0.3, -0.25) is 4.79 Å². The molecule has 1 unspecified atom stereocenters. The van der Waals surface area contributed by atoms with Crippen LogP contribution < -0.4 is 14.2 Å². The summed E-state index contributed by atoms with van der Waals surface area (Å²) in [5, 5.41) is 9.73. The molecule has 5 nitrogen and oxygen atoms in total. The maximum Gasteiger partial charge on any atom is 0.311 e. The van der Waals surface area contributed by atoms with Gasteiger partial charge >= 0.3 is 5.97 Å². The van der Waals surface area contributed by atoms with Crippen LogP contribution in [0.3, 0.4) is 0 Å². The van der Waals surface area contributed by atoms with Gasteiger partial charge in [0, 0.05) is 11.6 Å². The third-order valence-corrected chi connectivity index (χ3v) is 3.93. The van der Waals surface area contributed by atoms with Crippen molar-refractivity contribution in [1.29, 1.82) is 0 Å². The monoisotopic (exact) mass is 344 g/mol. The Labute approximate surface area is 148 Å². The summed E-state index contributed by atoms with van der Waals surface area (Å²) in [6.45, 7) is 2.68. The van der Waals surface area contributed by atoms with E-state index < -0.39 is 11.9 Å². The highest BCUT2D eigenvalue weighted by molar-refractivity contribution is 5.78. The zero-order chi connectivity index (χ0) is 18.2. The van der Waals surface area contributed by atoms with Crippen LogP contribution >= 0.6 is 0 Å². The lowest BCUT2D eigenvalue weighted by Crippen LogP contribution is -2.15. The van der Waals surface area contributed by atoms with E-state index in [-0.39, 0.29) is 0 Å². The number of carboxylic acids is 1. The van der Waals surface area contributed by atoms with Gasteiger partial charge in [-0.15, -0.1) is 0 Å². The minimum Gasteiger partial charge on any atom is -0.497 e. The molecule has 2 aromatic rings. The highest BCUT2D eigenvalue weighted by atomic mass is 16.5. The summed E-state index contributed by atoms with van der Waals surface area (Å²) in [7, 11) is 3.08. The highest BCUT2D eigenvalue weighted by Gasteiger charge is 2.24. The van der Waals surface area contributed by atoms with E-state index >= 15 is 0 Å². The average molecular weight is 344 g/mol. The molecule has 0 heterocycles. The van der Waals surface area contributed by atoms with Crippen molar-refractivity contribution in [3.63, 3.8) is 0 Å². The van der Waals surface area contributed by atoms with Gasteiger partial charge in [0.05, 0.1) is 26.7 Å². The van der Waals surface area contributed by atoms with Crippen LogP contribution in [0.1, 0.15) is 30.4 Å². The first-order valence-electron chi connectivity index (χ1n) is 8.25. The Morgan fingerprint density at radius 2 is 1.88 bits per heavy atom. The molecule has 0 aromatic heterocycles. The Morgan fingerprint density at radius 3 is 2.52 bits per heavy atom. The minimum atomic E-state index is -0.900. The van der Waals surface area contributed by atoms with Gasteiger partial charge in [-0.2, -0.15) is 0 Å². The van der Waals surface area contributed by atoms with Gasteiger partial charge in [-0.05, 0) is 36.6 Å². The molecule has 0 spiro atoms. The van der Waals surface area contributed by atoms with Gasteiger partial charge in [-0.25, -0.2) is 0 Å². The number of aliphatic carboxylic acids is 1. The molecule has 0 aliphatic rings. The summed E-state index contributed by atoms with van der Waals surface area (Å²) < 4.78 is 16.2. The van der Waals surface area contributed by atoms with Gasteiger partial charge in [-0.1, -0.05) is 25.1 Å². The van der Waals surface area contributed by atoms with Gasteiger partial charge in [0.2, 0.25) is 0 Å². The van der Waals surface area contributed by atoms with E-state index in [9.17, 15) is 9.90 Å². The zero-order valence-corrected chi connectivity index (χ0v) is 14.8. The molecule has 0 fully saturated rings. The van der Waals surface area contributed by atoms with Crippen LogP contribution in [-0.2, 0) is 11.2 Å². The molecule has 0 saturated carbocycles. The lowest BCUT2D eigenvalue weighted by Gasteiger charge is -2.17. The standard InChI is InChI=1S/C20H24O5/c1-4-10-25-16-7-5-6-14(11-16)12-18(20(21)22)17-9-8-15(23-2)13-19(17)24-3/h5-9,11,13,18H,4,10,12H2,1-3H3,(H,21,22). The number of ether oxygens (including phenoxy) is 3. The Morgan fingerprint density at radius 1 is 1.08 bits per heavy atom. The molecule has 5 heteroatoms. The van der Waals surface area contributed by atoms with Crippen molar-refractivity contribution in [3.8, 4) is 17.2 Å². The molecule has 0 amide bonds. The van der Waals surface area contributed by atoms with Crippen molar-refractivity contribution in [2.24, 2.45) is 0 Å². The van der Waals surface area contributed by atoms with Gasteiger partial charge in [0.1, 0.15) is 17.2 Å². The maximum atomic E-state index is 11.9. The number of rotatable bonds is 9. The van der Waals surface area contributed by atoms with E-state index in [0.717, 1.165) is 17.7 Å². The van der Waals surface area contributed by atoms with Crippen LogP contribution in [0.5, 0.6) is 17.2 Å². The maximum absolute atomic E-state index is 11.9. The molecule has 134 valence electrons. The van der Waals surface area contributed by atoms with Gasteiger partial charge < -0.3 is 19.3 Å². The van der Waals surface area contributed by atoms with Crippen LogP contribution in [0.2, 0.25) is 0 Å². The summed E-state index contributed by atoms with van der Waals surface area (Å²) in [5.41, 5.74) is 1.52. The number of hydrogen-bond acceptors (Lipinski definition) is 4. The summed E-state index contributed by atoms with van der Waals surface area (Å²) in [6, 6.07) is 12.7. The lowest BCUT2D eigenvalue weighted by molar-refractivity contribution is -0.138. The molecular formula is C20H24O5. The highest BCUT2D eigenvalue weighted by Crippen LogP contribution is 2.33. The minimum absolute atomic E-state index is 0.349. The van der Waals surface area contributed by atoms with Crippen molar-refractivity contribution in [3.05, 3.63) is 53.6 Å². The van der Waals surface area contributed by atoms with E-state index in [1.807, 2.05) is 31.2 Å². The SMILES string of the molecule is CCCOc1cccc(CC(C(=O)O)c2ccc(OC)cc2OC)c1. The number of carboxylic acid groups (broad SMARTS) is 1. The fourth-order valence-electron chi connectivity index (χ4n) is 2.65. The van der Waals surface area contributed by atoms with Crippen LogP contribution in [0.25, 0.3) is 0 Å². The van der Waals surface area contributed by atoms with Crippen LogP contribution in [0.15, 0.2) is 42.5 Å². The van der Waals surface area contributed by atoms with Crippen LogP contribution in [0, 0.1) is 0 Å². The average Bonchev–Trinajstić information content (AvgIpc) is 2.64. The van der Waals surface area contributed by atoms with Gasteiger partial charge in [0.15, 0.2) is 0 Å². The molecule has 2 rings (SSSR count). The molecular weight excluding hydrogens is 320 g/mol. The summed E-state index contributed by atoms with van der Waals surface area (Å²) in [4.78, 5) is 11.9. The van der Waals surface area contributed by atoms with Gasteiger partial charge in [0.25, 0.3) is 0 Å². The van der Waals surface area contributed by atoms with Crippen molar-refractivity contribution in [1.82, 2.24) is 0 Å². The Hall–Kier alpha value is -2.69. The first-order chi connectivity index (χ1) is 12.1. The van der Waals surface area contributed by atoms with Crippen molar-refractivity contribution < 1.29 is 24.1 Å². The van der Waals surface area contributed by atoms with E-state index in [1.165, 1.54) is 7.11 Å². The summed E-state index contributed by atoms with van der Waals surface area (Å²) in [6.07, 6.45) is 1.27. The third-order valence-electron chi connectivity index (χ3n) is 3.93. The van der Waals surface area contributed by atoms with Crippen molar-refractivity contribution in [2.75, 3.05) is 20.8 Å². The second-order valence-corrected chi connectivity index (χ2v) is 5.70. The molecule has 0 bridgehead atoms. The second-order valence-electron chi connectivity index (χ2n) is 5.70. The number of hydrogen-bond donors (Lipinski definition) is 1. The fourth-order valence-corrected chi connectivity index (χ4v) is 2.65. The van der Waals surface area contributed by atoms with Crippen LogP contribution in [-0.4, -0.2) is 31.9 Å². The Kier molecular flexibility index (Phi) is 6.69. The lowest BCUT2D eigenvalue weighted by atomic mass is 9.91. The Balaban J connectivity index is 2.29. The van der Waals surface area contributed by atoms with Crippen molar-refractivity contribution in [2.45, 2.75) is 25.7 Å². The molecule has 25 heavy (non-hydrogen) atoms. The largest absolute Gasteiger partial charge is 0.497 e.